The van der Waals surface area contributed by atoms with Gasteiger partial charge in [-0.2, -0.15) is 0 Å². The number of amides is 1. The number of benzene rings is 1. The third-order valence-corrected chi connectivity index (χ3v) is 3.56. The molecule has 1 heterocycles. The van der Waals surface area contributed by atoms with Gasteiger partial charge in [-0.25, -0.2) is 4.79 Å². The Morgan fingerprint density at radius 3 is 2.70 bits per heavy atom. The van der Waals surface area contributed by atoms with Crippen LogP contribution >= 0.6 is 22.6 Å². The third-order valence-electron chi connectivity index (χ3n) is 2.89. The summed E-state index contributed by atoms with van der Waals surface area (Å²) in [6, 6.07) is 4.82. The van der Waals surface area contributed by atoms with Crippen molar-refractivity contribution in [3.05, 3.63) is 27.3 Å². The first-order valence-corrected chi connectivity index (χ1v) is 7.17. The number of ether oxygens (including phenoxy) is 2. The van der Waals surface area contributed by atoms with Crippen LogP contribution in [0.4, 0.5) is 0 Å². The second-order valence-corrected chi connectivity index (χ2v) is 5.47. The van der Waals surface area contributed by atoms with E-state index >= 15 is 0 Å². The molecule has 1 amide bonds. The van der Waals surface area contributed by atoms with E-state index in [1.807, 2.05) is 22.6 Å². The summed E-state index contributed by atoms with van der Waals surface area (Å²) in [6.07, 6.45) is 0. The average molecular weight is 391 g/mol. The molecule has 1 aromatic rings. The van der Waals surface area contributed by atoms with E-state index in [0.29, 0.717) is 26.3 Å². The molecule has 1 N–H and O–H groups in total. The Labute approximate surface area is 129 Å². The minimum absolute atomic E-state index is 0.0617. The molecule has 0 spiro atoms. The summed E-state index contributed by atoms with van der Waals surface area (Å²) in [5, 5.41) is 9.11. The fourth-order valence-electron chi connectivity index (χ4n) is 1.84. The van der Waals surface area contributed by atoms with Gasteiger partial charge in [-0.05, 0) is 40.8 Å². The van der Waals surface area contributed by atoms with Gasteiger partial charge in [-0.15, -0.1) is 0 Å². The lowest BCUT2D eigenvalue weighted by Crippen LogP contribution is -2.43. The van der Waals surface area contributed by atoms with Crippen molar-refractivity contribution >= 4 is 34.5 Å². The zero-order chi connectivity index (χ0) is 14.5. The van der Waals surface area contributed by atoms with Crippen molar-refractivity contribution in [1.82, 2.24) is 4.90 Å². The van der Waals surface area contributed by atoms with Crippen LogP contribution in [-0.4, -0.2) is 54.8 Å². The highest BCUT2D eigenvalue weighted by Gasteiger charge is 2.18. The molecule has 6 nitrogen and oxygen atoms in total. The molecule has 1 aliphatic heterocycles. The largest absolute Gasteiger partial charge is 0.483 e. The maximum atomic E-state index is 11.9. The molecule has 0 aromatic heterocycles. The summed E-state index contributed by atoms with van der Waals surface area (Å²) in [4.78, 5) is 24.7. The van der Waals surface area contributed by atoms with Crippen LogP contribution < -0.4 is 4.74 Å². The monoisotopic (exact) mass is 391 g/mol. The standard InChI is InChI=1S/C13H14INO5/c14-9-1-2-11(10(7-9)13(17)18)20-8-12(16)15-3-5-19-6-4-15/h1-2,7H,3-6,8H2,(H,17,18). The topological polar surface area (TPSA) is 76.1 Å². The number of nitrogens with zero attached hydrogens (tertiary/aromatic N) is 1. The number of carboxylic acid groups (broad SMARTS) is 1. The molecule has 1 fully saturated rings. The molecule has 1 aliphatic rings. The predicted octanol–water partition coefficient (Wildman–Crippen LogP) is 1.23. The second kappa shape index (κ2) is 6.89. The molecule has 1 aromatic carbocycles. The van der Waals surface area contributed by atoms with E-state index in [0.717, 1.165) is 3.57 Å². The molecule has 0 radical (unpaired) electrons. The van der Waals surface area contributed by atoms with Gasteiger partial charge in [0.15, 0.2) is 6.61 Å². The normalized spacial score (nSPS) is 14.9. The molecular formula is C13H14INO5. The quantitative estimate of drug-likeness (QED) is 0.782. The van der Waals surface area contributed by atoms with Crippen molar-refractivity contribution in [2.75, 3.05) is 32.9 Å². The van der Waals surface area contributed by atoms with Gasteiger partial charge in [0, 0.05) is 16.7 Å². The zero-order valence-electron chi connectivity index (χ0n) is 10.7. The third kappa shape index (κ3) is 3.83. The summed E-state index contributed by atoms with van der Waals surface area (Å²) in [5.74, 6) is -1.03. The van der Waals surface area contributed by atoms with E-state index in [1.54, 1.807) is 17.0 Å². The molecule has 0 atom stereocenters. The number of rotatable bonds is 4. The number of halogens is 1. The molecule has 7 heteroatoms. The number of carboxylic acids is 1. The molecule has 0 bridgehead atoms. The highest BCUT2D eigenvalue weighted by Crippen LogP contribution is 2.21. The first kappa shape index (κ1) is 15.0. The van der Waals surface area contributed by atoms with E-state index in [4.69, 9.17) is 14.6 Å². The first-order chi connectivity index (χ1) is 9.58. The van der Waals surface area contributed by atoms with E-state index in [-0.39, 0.29) is 23.8 Å². The van der Waals surface area contributed by atoms with Crippen LogP contribution in [0.15, 0.2) is 18.2 Å². The summed E-state index contributed by atoms with van der Waals surface area (Å²) in [6.45, 7) is 1.97. The Kier molecular flexibility index (Phi) is 5.18. The first-order valence-electron chi connectivity index (χ1n) is 6.09. The number of aromatic carboxylic acids is 1. The second-order valence-electron chi connectivity index (χ2n) is 4.23. The van der Waals surface area contributed by atoms with Gasteiger partial charge < -0.3 is 19.5 Å². The van der Waals surface area contributed by atoms with Gasteiger partial charge in [-0.1, -0.05) is 0 Å². The predicted molar refractivity (Wildman–Crippen MR) is 79.0 cm³/mol. The minimum Gasteiger partial charge on any atom is -0.483 e. The summed E-state index contributed by atoms with van der Waals surface area (Å²) < 4.78 is 11.3. The van der Waals surface area contributed by atoms with Gasteiger partial charge in [0.25, 0.3) is 5.91 Å². The summed E-state index contributed by atoms with van der Waals surface area (Å²) in [7, 11) is 0. The lowest BCUT2D eigenvalue weighted by atomic mass is 10.2. The maximum Gasteiger partial charge on any atom is 0.339 e. The number of hydrogen-bond acceptors (Lipinski definition) is 4. The van der Waals surface area contributed by atoms with Gasteiger partial charge in [-0.3, -0.25) is 4.79 Å². The van der Waals surface area contributed by atoms with Crippen LogP contribution in [0.5, 0.6) is 5.75 Å². The maximum absolute atomic E-state index is 11.9. The average Bonchev–Trinajstić information content (AvgIpc) is 2.46. The zero-order valence-corrected chi connectivity index (χ0v) is 12.8. The van der Waals surface area contributed by atoms with E-state index in [1.165, 1.54) is 6.07 Å². The Balaban J connectivity index is 1.99. The minimum atomic E-state index is -1.07. The van der Waals surface area contributed by atoms with Crippen LogP contribution in [0, 0.1) is 3.57 Å². The Hall–Kier alpha value is -1.35. The number of carbonyl (C=O) groups excluding carboxylic acids is 1. The van der Waals surface area contributed by atoms with Crippen molar-refractivity contribution in [2.45, 2.75) is 0 Å². The van der Waals surface area contributed by atoms with Crippen LogP contribution in [0.25, 0.3) is 0 Å². The van der Waals surface area contributed by atoms with Crippen LogP contribution in [0.3, 0.4) is 0 Å². The van der Waals surface area contributed by atoms with Gasteiger partial charge >= 0.3 is 5.97 Å². The lowest BCUT2D eigenvalue weighted by Gasteiger charge is -2.26. The van der Waals surface area contributed by atoms with Crippen molar-refractivity contribution in [2.24, 2.45) is 0 Å². The van der Waals surface area contributed by atoms with E-state index < -0.39 is 5.97 Å². The smallest absolute Gasteiger partial charge is 0.339 e. The Morgan fingerprint density at radius 2 is 2.05 bits per heavy atom. The highest BCUT2D eigenvalue weighted by atomic mass is 127. The molecule has 108 valence electrons. The van der Waals surface area contributed by atoms with Gasteiger partial charge in [0.2, 0.25) is 0 Å². The molecule has 2 rings (SSSR count). The van der Waals surface area contributed by atoms with Crippen molar-refractivity contribution in [1.29, 1.82) is 0 Å². The van der Waals surface area contributed by atoms with Crippen LogP contribution in [0.2, 0.25) is 0 Å². The molecular weight excluding hydrogens is 377 g/mol. The van der Waals surface area contributed by atoms with E-state index in [9.17, 15) is 9.59 Å². The lowest BCUT2D eigenvalue weighted by molar-refractivity contribution is -0.137. The molecule has 0 aliphatic carbocycles. The highest BCUT2D eigenvalue weighted by molar-refractivity contribution is 14.1. The van der Waals surface area contributed by atoms with E-state index in [2.05, 4.69) is 0 Å². The fourth-order valence-corrected chi connectivity index (χ4v) is 2.33. The van der Waals surface area contributed by atoms with Gasteiger partial charge in [0.1, 0.15) is 11.3 Å². The molecule has 0 unspecified atom stereocenters. The van der Waals surface area contributed by atoms with Crippen LogP contribution in [0.1, 0.15) is 10.4 Å². The van der Waals surface area contributed by atoms with Crippen LogP contribution in [-0.2, 0) is 9.53 Å². The summed E-state index contributed by atoms with van der Waals surface area (Å²) in [5.41, 5.74) is 0.0617. The Bertz CT molecular complexity index is 513. The fraction of sp³-hybridized carbons (Fsp3) is 0.385. The number of morpholine rings is 1. The molecule has 20 heavy (non-hydrogen) atoms. The summed E-state index contributed by atoms with van der Waals surface area (Å²) >= 11 is 2.02. The van der Waals surface area contributed by atoms with Crippen molar-refractivity contribution < 1.29 is 24.2 Å². The number of carbonyl (C=O) groups is 2. The molecule has 1 saturated heterocycles. The van der Waals surface area contributed by atoms with Crippen molar-refractivity contribution in [3.8, 4) is 5.75 Å². The SMILES string of the molecule is O=C(O)c1cc(I)ccc1OCC(=O)N1CCOCC1. The number of hydrogen-bond donors (Lipinski definition) is 1. The van der Waals surface area contributed by atoms with Gasteiger partial charge in [0.05, 0.1) is 13.2 Å². The van der Waals surface area contributed by atoms with Crippen molar-refractivity contribution in [3.63, 3.8) is 0 Å². The Morgan fingerprint density at radius 1 is 1.35 bits per heavy atom. The molecule has 0 saturated carbocycles.